The topological polar surface area (TPSA) is 41.6 Å². The van der Waals surface area contributed by atoms with Gasteiger partial charge in [-0.3, -0.25) is 0 Å². The van der Waals surface area contributed by atoms with Crippen molar-refractivity contribution in [1.82, 2.24) is 15.0 Å². The van der Waals surface area contributed by atoms with Gasteiger partial charge in [0.1, 0.15) is 10.1 Å². The van der Waals surface area contributed by atoms with Gasteiger partial charge >= 0.3 is 0 Å². The van der Waals surface area contributed by atoms with Gasteiger partial charge in [-0.1, -0.05) is 23.7 Å². The smallest absolute Gasteiger partial charge is 0.156 e. The molecule has 2 heterocycles. The molecule has 0 aliphatic rings. The van der Waals surface area contributed by atoms with E-state index in [2.05, 4.69) is 30.9 Å². The van der Waals surface area contributed by atoms with E-state index in [-0.39, 0.29) is 0 Å². The Hall–Kier alpha value is -1.39. The molecule has 0 bridgehead atoms. The largest absolute Gasteiger partial charge is 0.338 e. The van der Waals surface area contributed by atoms with Crippen LogP contribution in [0.5, 0.6) is 0 Å². The number of aromatic amines is 1. The molecule has 3 rings (SSSR count). The van der Waals surface area contributed by atoms with E-state index in [0.717, 1.165) is 27.0 Å². The van der Waals surface area contributed by atoms with Gasteiger partial charge in [-0.25, -0.2) is 9.97 Å². The van der Waals surface area contributed by atoms with Crippen LogP contribution in [0.25, 0.3) is 22.4 Å². The molecule has 0 atom stereocenters. The van der Waals surface area contributed by atoms with Crippen LogP contribution < -0.4 is 0 Å². The zero-order valence-electron chi connectivity index (χ0n) is 8.61. The molecule has 84 valence electrons. The van der Waals surface area contributed by atoms with Gasteiger partial charge in [0.05, 0.1) is 6.20 Å². The fraction of sp³-hybridized carbons (Fsp3) is 0. The van der Waals surface area contributed by atoms with Gasteiger partial charge in [-0.15, -0.1) is 0 Å². The van der Waals surface area contributed by atoms with Crippen LogP contribution in [-0.4, -0.2) is 15.0 Å². The lowest BCUT2D eigenvalue weighted by Gasteiger charge is -1.97. The molecular formula is C12H7BrClN3. The lowest BCUT2D eigenvalue weighted by Crippen LogP contribution is -1.80. The normalized spacial score (nSPS) is 10.9. The average molecular weight is 309 g/mol. The molecule has 3 nitrogen and oxygen atoms in total. The highest BCUT2D eigenvalue weighted by Crippen LogP contribution is 2.24. The first-order valence-electron chi connectivity index (χ1n) is 4.99. The van der Waals surface area contributed by atoms with Crippen molar-refractivity contribution in [2.45, 2.75) is 0 Å². The van der Waals surface area contributed by atoms with Gasteiger partial charge in [0.25, 0.3) is 0 Å². The fourth-order valence-electron chi connectivity index (χ4n) is 1.69. The SMILES string of the molecule is Clc1cccc(-c2cc3nc(Br)cnc3[nH]2)c1. The Morgan fingerprint density at radius 1 is 1.24 bits per heavy atom. The highest BCUT2D eigenvalue weighted by molar-refractivity contribution is 9.10. The van der Waals surface area contributed by atoms with Crippen LogP contribution in [0.1, 0.15) is 0 Å². The predicted molar refractivity (Wildman–Crippen MR) is 72.0 cm³/mol. The van der Waals surface area contributed by atoms with Gasteiger partial charge in [0, 0.05) is 10.7 Å². The van der Waals surface area contributed by atoms with Crippen LogP contribution in [0.3, 0.4) is 0 Å². The van der Waals surface area contributed by atoms with E-state index in [0.29, 0.717) is 5.02 Å². The first kappa shape index (κ1) is 10.7. The summed E-state index contributed by atoms with van der Waals surface area (Å²) in [7, 11) is 0. The molecule has 17 heavy (non-hydrogen) atoms. The summed E-state index contributed by atoms with van der Waals surface area (Å²) in [5.41, 5.74) is 3.58. The molecule has 0 aliphatic heterocycles. The van der Waals surface area contributed by atoms with E-state index in [1.54, 1.807) is 6.20 Å². The number of hydrogen-bond donors (Lipinski definition) is 1. The molecule has 5 heteroatoms. The number of benzene rings is 1. The molecule has 0 aliphatic carbocycles. The quantitative estimate of drug-likeness (QED) is 0.737. The van der Waals surface area contributed by atoms with Crippen molar-refractivity contribution in [2.24, 2.45) is 0 Å². The minimum Gasteiger partial charge on any atom is -0.338 e. The maximum absolute atomic E-state index is 5.97. The van der Waals surface area contributed by atoms with Gasteiger partial charge in [-0.2, -0.15) is 0 Å². The Balaban J connectivity index is 2.18. The lowest BCUT2D eigenvalue weighted by atomic mass is 10.1. The number of hydrogen-bond acceptors (Lipinski definition) is 2. The number of halogens is 2. The van der Waals surface area contributed by atoms with Crippen molar-refractivity contribution in [1.29, 1.82) is 0 Å². The molecule has 1 N–H and O–H groups in total. The average Bonchev–Trinajstić information content (AvgIpc) is 2.72. The maximum Gasteiger partial charge on any atom is 0.156 e. The second-order valence-electron chi connectivity index (χ2n) is 3.62. The summed E-state index contributed by atoms with van der Waals surface area (Å²) in [6.45, 7) is 0. The van der Waals surface area contributed by atoms with Crippen molar-refractivity contribution >= 4 is 38.7 Å². The molecule has 3 aromatic rings. The summed E-state index contributed by atoms with van der Waals surface area (Å²) < 4.78 is 0.724. The van der Waals surface area contributed by atoms with Crippen molar-refractivity contribution < 1.29 is 0 Å². The number of nitrogens with zero attached hydrogens (tertiary/aromatic N) is 2. The molecule has 0 saturated carbocycles. The van der Waals surface area contributed by atoms with Crippen LogP contribution in [0, 0.1) is 0 Å². The van der Waals surface area contributed by atoms with E-state index in [9.17, 15) is 0 Å². The minimum absolute atomic E-state index is 0.711. The highest BCUT2D eigenvalue weighted by Gasteiger charge is 2.06. The summed E-state index contributed by atoms with van der Waals surface area (Å²) in [5, 5.41) is 0.711. The summed E-state index contributed by atoms with van der Waals surface area (Å²) in [6.07, 6.45) is 1.67. The van der Waals surface area contributed by atoms with Crippen LogP contribution in [0.15, 0.2) is 41.1 Å². The molecule has 1 aromatic carbocycles. The van der Waals surface area contributed by atoms with Gasteiger partial charge in [0.15, 0.2) is 5.65 Å². The first-order chi connectivity index (χ1) is 8.22. The van der Waals surface area contributed by atoms with Gasteiger partial charge in [0.2, 0.25) is 0 Å². The zero-order chi connectivity index (χ0) is 11.8. The van der Waals surface area contributed by atoms with E-state index >= 15 is 0 Å². The third kappa shape index (κ3) is 2.06. The van der Waals surface area contributed by atoms with E-state index < -0.39 is 0 Å². The summed E-state index contributed by atoms with van der Waals surface area (Å²) in [5.74, 6) is 0. The summed E-state index contributed by atoms with van der Waals surface area (Å²) in [6, 6.07) is 9.62. The minimum atomic E-state index is 0.711. The summed E-state index contributed by atoms with van der Waals surface area (Å²) >= 11 is 9.27. The Kier molecular flexibility index (Phi) is 2.61. The predicted octanol–water partition coefficient (Wildman–Crippen LogP) is 4.04. The van der Waals surface area contributed by atoms with E-state index in [1.165, 1.54) is 0 Å². The molecule has 0 amide bonds. The van der Waals surface area contributed by atoms with Crippen LogP contribution >= 0.6 is 27.5 Å². The van der Waals surface area contributed by atoms with E-state index in [4.69, 9.17) is 11.6 Å². The van der Waals surface area contributed by atoms with Crippen molar-refractivity contribution in [2.75, 3.05) is 0 Å². The molecule has 0 spiro atoms. The standard InChI is InChI=1S/C12H7BrClN3/c13-11-6-15-12-10(16-11)5-9(17-12)7-2-1-3-8(14)4-7/h1-6H,(H,15,17). The maximum atomic E-state index is 5.97. The zero-order valence-corrected chi connectivity index (χ0v) is 11.0. The molecule has 0 saturated heterocycles. The lowest BCUT2D eigenvalue weighted by molar-refractivity contribution is 1.23. The number of H-pyrrole nitrogens is 1. The second kappa shape index (κ2) is 4.13. The monoisotopic (exact) mass is 307 g/mol. The Labute approximate surface area is 111 Å². The van der Waals surface area contributed by atoms with Crippen LogP contribution in [0.4, 0.5) is 0 Å². The van der Waals surface area contributed by atoms with Gasteiger partial charge < -0.3 is 4.98 Å². The number of fused-ring (bicyclic) bond motifs is 1. The Morgan fingerprint density at radius 3 is 2.94 bits per heavy atom. The highest BCUT2D eigenvalue weighted by atomic mass is 79.9. The van der Waals surface area contributed by atoms with Crippen LogP contribution in [0.2, 0.25) is 5.02 Å². The van der Waals surface area contributed by atoms with Crippen LogP contribution in [-0.2, 0) is 0 Å². The number of nitrogens with one attached hydrogen (secondary N) is 1. The first-order valence-corrected chi connectivity index (χ1v) is 6.17. The summed E-state index contributed by atoms with van der Waals surface area (Å²) in [4.78, 5) is 11.8. The van der Waals surface area contributed by atoms with E-state index in [1.807, 2.05) is 30.3 Å². The molecule has 0 radical (unpaired) electrons. The van der Waals surface area contributed by atoms with Crippen molar-refractivity contribution in [3.8, 4) is 11.3 Å². The molecule has 0 fully saturated rings. The second-order valence-corrected chi connectivity index (χ2v) is 4.87. The molecule has 2 aromatic heterocycles. The number of aromatic nitrogens is 3. The van der Waals surface area contributed by atoms with Crippen molar-refractivity contribution in [3.05, 3.63) is 46.2 Å². The van der Waals surface area contributed by atoms with Gasteiger partial charge in [-0.05, 0) is 39.7 Å². The third-order valence-corrected chi connectivity index (χ3v) is 3.06. The van der Waals surface area contributed by atoms with Crippen molar-refractivity contribution in [3.63, 3.8) is 0 Å². The Bertz CT molecular complexity index is 693. The Morgan fingerprint density at radius 2 is 2.12 bits per heavy atom. The fourth-order valence-corrected chi connectivity index (χ4v) is 2.17. The molecular weight excluding hydrogens is 302 g/mol. The number of rotatable bonds is 1. The molecule has 0 unspecified atom stereocenters. The third-order valence-electron chi connectivity index (χ3n) is 2.44.